The topological polar surface area (TPSA) is 12.0 Å². The van der Waals surface area contributed by atoms with Gasteiger partial charge in [0.15, 0.2) is 0 Å². The van der Waals surface area contributed by atoms with Crippen LogP contribution in [0, 0.1) is 0 Å². The molecule has 1 saturated heterocycles. The van der Waals surface area contributed by atoms with E-state index in [1.54, 1.807) is 0 Å². The summed E-state index contributed by atoms with van der Waals surface area (Å²) < 4.78 is 0. The molecule has 1 aliphatic rings. The van der Waals surface area contributed by atoms with Crippen LogP contribution >= 0.6 is 21.6 Å². The Balaban J connectivity index is 2.51. The lowest BCUT2D eigenvalue weighted by Gasteiger charge is -2.20. The molecule has 0 bridgehead atoms. The summed E-state index contributed by atoms with van der Waals surface area (Å²) in [4.78, 5) is 0. The average Bonchev–Trinajstić information content (AvgIpc) is 2.05. The zero-order valence-electron chi connectivity index (χ0n) is 7.63. The van der Waals surface area contributed by atoms with Crippen LogP contribution in [0.15, 0.2) is 0 Å². The van der Waals surface area contributed by atoms with Crippen LogP contribution in [0.25, 0.3) is 0 Å². The first-order valence-corrected chi connectivity index (χ1v) is 6.47. The van der Waals surface area contributed by atoms with E-state index in [9.17, 15) is 0 Å². The molecule has 0 spiro atoms. The third kappa shape index (κ3) is 2.56. The van der Waals surface area contributed by atoms with Crippen molar-refractivity contribution < 1.29 is 0 Å². The van der Waals surface area contributed by atoms with Gasteiger partial charge in [0.1, 0.15) is 0 Å². The second kappa shape index (κ2) is 4.06. The number of nitrogens with one attached hydrogen (secondary N) is 1. The zero-order chi connectivity index (χ0) is 8.43. The smallest absolute Gasteiger partial charge is 0.0274 e. The molecule has 11 heavy (non-hydrogen) atoms. The molecule has 0 aliphatic carbocycles. The highest BCUT2D eigenvalue weighted by Crippen LogP contribution is 2.36. The molecule has 1 aliphatic heterocycles. The van der Waals surface area contributed by atoms with Gasteiger partial charge in [-0.1, -0.05) is 35.4 Å². The molecule has 0 aromatic carbocycles. The number of hydrogen-bond donors (Lipinski definition) is 1. The van der Waals surface area contributed by atoms with Gasteiger partial charge >= 0.3 is 0 Å². The van der Waals surface area contributed by atoms with Crippen molar-refractivity contribution in [3.05, 3.63) is 0 Å². The molecule has 1 N–H and O–H groups in total. The molecule has 0 amide bonds. The standard InChI is InChI=1S/C8H17NS2/c1-5-7(3)10-11-8(4)6(2)9-5/h5-9H,1-4H3. The van der Waals surface area contributed by atoms with E-state index in [4.69, 9.17) is 0 Å². The Morgan fingerprint density at radius 1 is 0.818 bits per heavy atom. The lowest BCUT2D eigenvalue weighted by atomic mass is 10.2. The molecule has 1 fully saturated rings. The molecule has 4 atom stereocenters. The van der Waals surface area contributed by atoms with Gasteiger partial charge in [-0.05, 0) is 13.8 Å². The number of rotatable bonds is 0. The van der Waals surface area contributed by atoms with E-state index < -0.39 is 0 Å². The summed E-state index contributed by atoms with van der Waals surface area (Å²) in [6, 6.07) is 1.29. The first kappa shape index (κ1) is 9.75. The van der Waals surface area contributed by atoms with Crippen LogP contribution in [0.4, 0.5) is 0 Å². The normalized spacial score (nSPS) is 46.9. The van der Waals surface area contributed by atoms with Crippen molar-refractivity contribution in [3.63, 3.8) is 0 Å². The van der Waals surface area contributed by atoms with Crippen molar-refractivity contribution in [2.45, 2.75) is 50.3 Å². The second-order valence-corrected chi connectivity index (χ2v) is 6.37. The van der Waals surface area contributed by atoms with Crippen LogP contribution in [0.3, 0.4) is 0 Å². The molecule has 0 saturated carbocycles. The van der Waals surface area contributed by atoms with Crippen LogP contribution in [-0.2, 0) is 0 Å². The van der Waals surface area contributed by atoms with Crippen LogP contribution in [0.2, 0.25) is 0 Å². The summed E-state index contributed by atoms with van der Waals surface area (Å²) in [5, 5.41) is 5.06. The van der Waals surface area contributed by atoms with Gasteiger partial charge in [0, 0.05) is 22.6 Å². The predicted octanol–water partition coefficient (Wildman–Crippen LogP) is 2.53. The van der Waals surface area contributed by atoms with E-state index in [0.717, 1.165) is 10.5 Å². The Hall–Kier alpha value is 0.660. The monoisotopic (exact) mass is 191 g/mol. The van der Waals surface area contributed by atoms with Crippen molar-refractivity contribution in [1.29, 1.82) is 0 Å². The highest BCUT2D eigenvalue weighted by atomic mass is 33.1. The van der Waals surface area contributed by atoms with Gasteiger partial charge in [0.2, 0.25) is 0 Å². The summed E-state index contributed by atoms with van der Waals surface area (Å²) in [5.74, 6) is 0. The lowest BCUT2D eigenvalue weighted by Crippen LogP contribution is -2.41. The molecule has 66 valence electrons. The van der Waals surface area contributed by atoms with Gasteiger partial charge in [0.25, 0.3) is 0 Å². The van der Waals surface area contributed by atoms with Gasteiger partial charge in [0.05, 0.1) is 0 Å². The van der Waals surface area contributed by atoms with E-state index in [2.05, 4.69) is 33.0 Å². The third-order valence-corrected chi connectivity index (χ3v) is 5.98. The SMILES string of the molecule is CC1NC(C)C(C)SSC1C. The molecule has 0 aromatic rings. The van der Waals surface area contributed by atoms with E-state index in [-0.39, 0.29) is 0 Å². The summed E-state index contributed by atoms with van der Waals surface area (Å²) >= 11 is 0. The van der Waals surface area contributed by atoms with E-state index in [0.29, 0.717) is 12.1 Å². The molecule has 1 nitrogen and oxygen atoms in total. The molecular formula is C8H17NS2. The Morgan fingerprint density at radius 3 is 1.55 bits per heavy atom. The van der Waals surface area contributed by atoms with E-state index in [1.165, 1.54) is 0 Å². The fourth-order valence-corrected chi connectivity index (χ4v) is 3.92. The van der Waals surface area contributed by atoms with Crippen LogP contribution < -0.4 is 5.32 Å². The predicted molar refractivity (Wildman–Crippen MR) is 56.2 cm³/mol. The van der Waals surface area contributed by atoms with Crippen molar-refractivity contribution >= 4 is 21.6 Å². The maximum Gasteiger partial charge on any atom is 0.0274 e. The van der Waals surface area contributed by atoms with Crippen LogP contribution in [-0.4, -0.2) is 22.6 Å². The first-order valence-electron chi connectivity index (χ1n) is 4.19. The van der Waals surface area contributed by atoms with Crippen molar-refractivity contribution in [3.8, 4) is 0 Å². The molecule has 4 unspecified atom stereocenters. The lowest BCUT2D eigenvalue weighted by molar-refractivity contribution is 0.466. The average molecular weight is 191 g/mol. The van der Waals surface area contributed by atoms with Crippen molar-refractivity contribution in [2.75, 3.05) is 0 Å². The largest absolute Gasteiger partial charge is 0.310 e. The summed E-state index contributed by atoms with van der Waals surface area (Å²) in [5.41, 5.74) is 0. The summed E-state index contributed by atoms with van der Waals surface area (Å²) in [6.07, 6.45) is 0. The fraction of sp³-hybridized carbons (Fsp3) is 1.00. The van der Waals surface area contributed by atoms with Gasteiger partial charge in [-0.2, -0.15) is 0 Å². The molecular weight excluding hydrogens is 174 g/mol. The van der Waals surface area contributed by atoms with E-state index >= 15 is 0 Å². The van der Waals surface area contributed by atoms with E-state index in [1.807, 2.05) is 21.6 Å². The minimum absolute atomic E-state index is 0.646. The first-order chi connectivity index (χ1) is 5.11. The van der Waals surface area contributed by atoms with Gasteiger partial charge in [-0.3, -0.25) is 0 Å². The summed E-state index contributed by atoms with van der Waals surface area (Å²) in [6.45, 7) is 9.12. The Bertz CT molecular complexity index is 115. The quantitative estimate of drug-likeness (QED) is 0.591. The maximum absolute atomic E-state index is 3.60. The van der Waals surface area contributed by atoms with Gasteiger partial charge in [-0.25, -0.2) is 0 Å². The van der Waals surface area contributed by atoms with Crippen LogP contribution in [0.1, 0.15) is 27.7 Å². The highest BCUT2D eigenvalue weighted by molar-refractivity contribution is 8.77. The van der Waals surface area contributed by atoms with Crippen LogP contribution in [0.5, 0.6) is 0 Å². The number of hydrogen-bond acceptors (Lipinski definition) is 3. The highest BCUT2D eigenvalue weighted by Gasteiger charge is 2.24. The molecule has 0 aromatic heterocycles. The molecule has 1 rings (SSSR count). The maximum atomic E-state index is 3.60. The molecule has 3 heteroatoms. The fourth-order valence-electron chi connectivity index (χ4n) is 1.03. The van der Waals surface area contributed by atoms with Gasteiger partial charge < -0.3 is 5.32 Å². The minimum atomic E-state index is 0.646. The molecule has 0 radical (unpaired) electrons. The Morgan fingerprint density at radius 2 is 1.18 bits per heavy atom. The van der Waals surface area contributed by atoms with Crippen molar-refractivity contribution in [1.82, 2.24) is 5.32 Å². The Labute approximate surface area is 77.5 Å². The van der Waals surface area contributed by atoms with Crippen molar-refractivity contribution in [2.24, 2.45) is 0 Å². The van der Waals surface area contributed by atoms with Gasteiger partial charge in [-0.15, -0.1) is 0 Å². The minimum Gasteiger partial charge on any atom is -0.310 e. The molecule has 1 heterocycles. The third-order valence-electron chi connectivity index (χ3n) is 2.29. The second-order valence-electron chi connectivity index (χ2n) is 3.35. The zero-order valence-corrected chi connectivity index (χ0v) is 9.26. The Kier molecular flexibility index (Phi) is 3.59. The summed E-state index contributed by atoms with van der Waals surface area (Å²) in [7, 11) is 4.03.